The van der Waals surface area contributed by atoms with Crippen LogP contribution in [0, 0.1) is 11.6 Å². The number of halogens is 2. The minimum Gasteiger partial charge on any atom is -0.481 e. The van der Waals surface area contributed by atoms with Gasteiger partial charge in [0.05, 0.1) is 12.8 Å². The monoisotopic (exact) mass is 299 g/mol. The van der Waals surface area contributed by atoms with Crippen LogP contribution in [-0.4, -0.2) is 34.0 Å². The summed E-state index contributed by atoms with van der Waals surface area (Å²) in [5.41, 5.74) is -0.638. The van der Waals surface area contributed by atoms with Crippen molar-refractivity contribution < 1.29 is 23.5 Å². The molecular weight excluding hydrogens is 280 g/mol. The van der Waals surface area contributed by atoms with Crippen LogP contribution < -0.4 is 0 Å². The van der Waals surface area contributed by atoms with Crippen LogP contribution in [0.5, 0.6) is 0 Å². The summed E-state index contributed by atoms with van der Waals surface area (Å²) in [4.78, 5) is 24.3. The number of carbonyl (C=O) groups excluding carboxylic acids is 1. The summed E-state index contributed by atoms with van der Waals surface area (Å²) in [5.74, 6) is -3.51. The van der Waals surface area contributed by atoms with E-state index in [9.17, 15) is 18.4 Å². The Morgan fingerprint density at radius 3 is 2.38 bits per heavy atom. The Balaban J connectivity index is 2.91. The van der Waals surface area contributed by atoms with Crippen molar-refractivity contribution in [2.45, 2.75) is 39.2 Å². The fraction of sp³-hybridized carbons (Fsp3) is 0.467. The van der Waals surface area contributed by atoms with Crippen molar-refractivity contribution >= 4 is 11.9 Å². The van der Waals surface area contributed by atoms with Crippen LogP contribution in [-0.2, 0) is 16.0 Å². The fourth-order valence-electron chi connectivity index (χ4n) is 1.98. The van der Waals surface area contributed by atoms with E-state index < -0.39 is 29.0 Å². The van der Waals surface area contributed by atoms with Gasteiger partial charge in [0.1, 0.15) is 0 Å². The zero-order valence-corrected chi connectivity index (χ0v) is 12.3. The van der Waals surface area contributed by atoms with Crippen LogP contribution in [0.2, 0.25) is 0 Å². The van der Waals surface area contributed by atoms with Gasteiger partial charge < -0.3 is 10.0 Å². The number of carbonyl (C=O) groups is 2. The third-order valence-corrected chi connectivity index (χ3v) is 3.03. The van der Waals surface area contributed by atoms with Gasteiger partial charge in [-0.1, -0.05) is 12.1 Å². The molecule has 0 aliphatic carbocycles. The second-order valence-corrected chi connectivity index (χ2v) is 5.75. The summed E-state index contributed by atoms with van der Waals surface area (Å²) in [6, 6.07) is 3.66. The van der Waals surface area contributed by atoms with Crippen LogP contribution in [0.3, 0.4) is 0 Å². The van der Waals surface area contributed by atoms with Crippen molar-refractivity contribution in [3.63, 3.8) is 0 Å². The highest BCUT2D eigenvalue weighted by molar-refractivity contribution is 5.80. The lowest BCUT2D eigenvalue weighted by Crippen LogP contribution is -2.47. The predicted octanol–water partition coefficient (Wildman–Crippen LogP) is 2.61. The first-order valence-electron chi connectivity index (χ1n) is 6.58. The molecule has 0 saturated carbocycles. The van der Waals surface area contributed by atoms with E-state index in [4.69, 9.17) is 5.11 Å². The Bertz CT molecular complexity index is 538. The van der Waals surface area contributed by atoms with Crippen molar-refractivity contribution in [2.75, 3.05) is 6.54 Å². The SMILES string of the molecule is CC(C)(C)N(CCC(=O)O)C(=O)Cc1cccc(F)c1F. The number of benzene rings is 1. The molecule has 0 aliphatic rings. The summed E-state index contributed by atoms with van der Waals surface area (Å²) in [7, 11) is 0. The van der Waals surface area contributed by atoms with E-state index in [2.05, 4.69) is 0 Å². The molecule has 0 fully saturated rings. The third kappa shape index (κ3) is 4.81. The van der Waals surface area contributed by atoms with Gasteiger partial charge in [-0.2, -0.15) is 0 Å². The minimum absolute atomic E-state index is 0.0224. The maximum atomic E-state index is 13.6. The molecule has 1 N–H and O–H groups in total. The molecule has 0 unspecified atom stereocenters. The summed E-state index contributed by atoms with van der Waals surface area (Å²) >= 11 is 0. The van der Waals surface area contributed by atoms with Crippen molar-refractivity contribution in [3.8, 4) is 0 Å². The van der Waals surface area contributed by atoms with Gasteiger partial charge in [0.25, 0.3) is 0 Å². The lowest BCUT2D eigenvalue weighted by molar-refractivity contribution is -0.140. The number of rotatable bonds is 5. The minimum atomic E-state index is -1.04. The summed E-state index contributed by atoms with van der Waals surface area (Å²) in [6.45, 7) is 5.30. The first-order chi connectivity index (χ1) is 9.62. The molecule has 0 atom stereocenters. The van der Waals surface area contributed by atoms with Gasteiger partial charge in [-0.3, -0.25) is 9.59 Å². The maximum Gasteiger partial charge on any atom is 0.305 e. The fourth-order valence-corrected chi connectivity index (χ4v) is 1.98. The molecule has 1 rings (SSSR count). The molecule has 0 heterocycles. The summed E-state index contributed by atoms with van der Waals surface area (Å²) < 4.78 is 26.7. The average Bonchev–Trinajstić information content (AvgIpc) is 2.33. The van der Waals surface area contributed by atoms with E-state index in [0.717, 1.165) is 6.07 Å². The van der Waals surface area contributed by atoms with E-state index in [1.54, 1.807) is 20.8 Å². The Morgan fingerprint density at radius 2 is 1.86 bits per heavy atom. The van der Waals surface area contributed by atoms with Gasteiger partial charge in [0.15, 0.2) is 11.6 Å². The predicted molar refractivity (Wildman–Crippen MR) is 73.8 cm³/mol. The van der Waals surface area contributed by atoms with E-state index in [1.807, 2.05) is 0 Å². The first kappa shape index (κ1) is 17.1. The van der Waals surface area contributed by atoms with E-state index in [-0.39, 0.29) is 24.9 Å². The molecular formula is C15H19F2NO3. The Kier molecular flexibility index (Phi) is 5.41. The number of nitrogens with zero attached hydrogens (tertiary/aromatic N) is 1. The second kappa shape index (κ2) is 6.65. The molecule has 116 valence electrons. The van der Waals surface area contributed by atoms with E-state index >= 15 is 0 Å². The van der Waals surface area contributed by atoms with Gasteiger partial charge in [-0.25, -0.2) is 8.78 Å². The van der Waals surface area contributed by atoms with Crippen LogP contribution in [0.25, 0.3) is 0 Å². The smallest absolute Gasteiger partial charge is 0.305 e. The molecule has 21 heavy (non-hydrogen) atoms. The van der Waals surface area contributed by atoms with E-state index in [0.29, 0.717) is 0 Å². The maximum absolute atomic E-state index is 13.6. The van der Waals surface area contributed by atoms with Gasteiger partial charge in [0.2, 0.25) is 5.91 Å². The average molecular weight is 299 g/mol. The van der Waals surface area contributed by atoms with Crippen molar-refractivity contribution in [3.05, 3.63) is 35.4 Å². The highest BCUT2D eigenvalue weighted by Crippen LogP contribution is 2.18. The Labute approximate surface area is 122 Å². The van der Waals surface area contributed by atoms with Gasteiger partial charge in [-0.15, -0.1) is 0 Å². The molecule has 1 amide bonds. The van der Waals surface area contributed by atoms with Gasteiger partial charge in [0, 0.05) is 17.6 Å². The Morgan fingerprint density at radius 1 is 1.24 bits per heavy atom. The highest BCUT2D eigenvalue weighted by Gasteiger charge is 2.27. The molecule has 0 saturated heterocycles. The number of hydrogen-bond acceptors (Lipinski definition) is 2. The molecule has 0 bridgehead atoms. The number of carboxylic acid groups (broad SMARTS) is 1. The van der Waals surface area contributed by atoms with Crippen LogP contribution >= 0.6 is 0 Å². The molecule has 4 nitrogen and oxygen atoms in total. The van der Waals surface area contributed by atoms with Gasteiger partial charge >= 0.3 is 5.97 Å². The van der Waals surface area contributed by atoms with Crippen LogP contribution in [0.15, 0.2) is 18.2 Å². The first-order valence-corrected chi connectivity index (χ1v) is 6.58. The normalized spacial score (nSPS) is 11.3. The molecule has 0 spiro atoms. The van der Waals surface area contributed by atoms with Crippen LogP contribution in [0.4, 0.5) is 8.78 Å². The topological polar surface area (TPSA) is 57.6 Å². The number of amides is 1. The van der Waals surface area contributed by atoms with Crippen LogP contribution in [0.1, 0.15) is 32.8 Å². The lowest BCUT2D eigenvalue weighted by Gasteiger charge is -2.35. The third-order valence-electron chi connectivity index (χ3n) is 3.03. The van der Waals surface area contributed by atoms with Crippen molar-refractivity contribution in [2.24, 2.45) is 0 Å². The van der Waals surface area contributed by atoms with Crippen molar-refractivity contribution in [1.82, 2.24) is 4.90 Å². The van der Waals surface area contributed by atoms with Crippen molar-refractivity contribution in [1.29, 1.82) is 0 Å². The number of carboxylic acids is 1. The molecule has 1 aromatic rings. The quantitative estimate of drug-likeness (QED) is 0.909. The molecule has 6 heteroatoms. The highest BCUT2D eigenvalue weighted by atomic mass is 19.2. The van der Waals surface area contributed by atoms with E-state index in [1.165, 1.54) is 17.0 Å². The lowest BCUT2D eigenvalue weighted by atomic mass is 10.0. The second-order valence-electron chi connectivity index (χ2n) is 5.75. The number of aliphatic carboxylic acids is 1. The molecule has 0 radical (unpaired) electrons. The zero-order chi connectivity index (χ0) is 16.2. The molecule has 1 aromatic carbocycles. The molecule has 0 aromatic heterocycles. The summed E-state index contributed by atoms with van der Waals surface area (Å²) in [6.07, 6.45) is -0.505. The van der Waals surface area contributed by atoms with Gasteiger partial charge in [-0.05, 0) is 26.8 Å². The molecule has 0 aliphatic heterocycles. The standard InChI is InChI=1S/C15H19F2NO3/c1-15(2,3)18(8-7-13(20)21)12(19)9-10-5-4-6-11(16)14(10)17/h4-6H,7-9H2,1-3H3,(H,20,21). The summed E-state index contributed by atoms with van der Waals surface area (Å²) in [5, 5.41) is 8.73. The Hall–Kier alpha value is -1.98. The zero-order valence-electron chi connectivity index (χ0n) is 12.3. The largest absolute Gasteiger partial charge is 0.481 e. The number of hydrogen-bond donors (Lipinski definition) is 1.